The number of nitro benzene ring substituents is 1. The Kier molecular flexibility index (Phi) is 5.91. The molecule has 2 rings (SSSR count). The lowest BCUT2D eigenvalue weighted by molar-refractivity contribution is -0.385. The highest BCUT2D eigenvalue weighted by Crippen LogP contribution is 2.21. The second-order valence-electron chi connectivity index (χ2n) is 4.73. The minimum Gasteiger partial charge on any atom is -0.350 e. The maximum absolute atomic E-state index is 12.1. The van der Waals surface area contributed by atoms with Gasteiger partial charge in [-0.05, 0) is 31.9 Å². The van der Waals surface area contributed by atoms with Gasteiger partial charge in [0, 0.05) is 18.7 Å². The van der Waals surface area contributed by atoms with Crippen LogP contribution >= 0.6 is 12.4 Å². The number of carbonyl (C=O) groups excluding carboxylic acids is 1. The Labute approximate surface area is 123 Å². The Morgan fingerprint density at radius 3 is 2.90 bits per heavy atom. The van der Waals surface area contributed by atoms with Crippen LogP contribution in [0.5, 0.6) is 0 Å². The first-order valence-electron chi connectivity index (χ1n) is 6.35. The highest BCUT2D eigenvalue weighted by Gasteiger charge is 2.23. The molecule has 2 N–H and O–H groups in total. The van der Waals surface area contributed by atoms with Gasteiger partial charge < -0.3 is 10.6 Å². The van der Waals surface area contributed by atoms with Crippen LogP contribution < -0.4 is 10.6 Å². The summed E-state index contributed by atoms with van der Waals surface area (Å²) in [6.07, 6.45) is 2.13. The Morgan fingerprint density at radius 2 is 2.30 bits per heavy atom. The zero-order valence-electron chi connectivity index (χ0n) is 11.2. The van der Waals surface area contributed by atoms with Crippen molar-refractivity contribution < 1.29 is 9.72 Å². The molecule has 1 aromatic rings. The zero-order valence-corrected chi connectivity index (χ0v) is 12.0. The molecule has 1 amide bonds. The van der Waals surface area contributed by atoms with Gasteiger partial charge in [0.15, 0.2) is 0 Å². The standard InChI is InChI=1S/C13H17N3O3.ClH/c1-9-4-2-6-11(16(18)19)12(9)13(17)15-8-10-5-3-7-14-10;/h2,4,6,10,14H,3,5,7-8H2,1H3,(H,15,17);1H. The monoisotopic (exact) mass is 299 g/mol. The van der Waals surface area contributed by atoms with E-state index >= 15 is 0 Å². The van der Waals surface area contributed by atoms with Gasteiger partial charge in [-0.25, -0.2) is 0 Å². The quantitative estimate of drug-likeness (QED) is 0.656. The summed E-state index contributed by atoms with van der Waals surface area (Å²) >= 11 is 0. The molecule has 1 aromatic carbocycles. The van der Waals surface area contributed by atoms with Crippen LogP contribution in [-0.2, 0) is 0 Å². The highest BCUT2D eigenvalue weighted by molar-refractivity contribution is 5.99. The molecule has 0 saturated carbocycles. The Morgan fingerprint density at radius 1 is 1.55 bits per heavy atom. The van der Waals surface area contributed by atoms with Gasteiger partial charge in [-0.3, -0.25) is 14.9 Å². The van der Waals surface area contributed by atoms with E-state index in [1.54, 1.807) is 19.1 Å². The molecule has 0 radical (unpaired) electrons. The summed E-state index contributed by atoms with van der Waals surface area (Å²) in [7, 11) is 0. The predicted octanol–water partition coefficient (Wildman–Crippen LogP) is 1.81. The number of amides is 1. The first-order valence-corrected chi connectivity index (χ1v) is 6.35. The van der Waals surface area contributed by atoms with Crippen molar-refractivity contribution in [2.45, 2.75) is 25.8 Å². The number of hydrogen-bond donors (Lipinski definition) is 2. The molecule has 20 heavy (non-hydrogen) atoms. The molecule has 7 heteroatoms. The van der Waals surface area contributed by atoms with Crippen molar-refractivity contribution in [3.63, 3.8) is 0 Å². The molecule has 1 atom stereocenters. The van der Waals surface area contributed by atoms with E-state index in [1.165, 1.54) is 6.07 Å². The smallest absolute Gasteiger partial charge is 0.282 e. The van der Waals surface area contributed by atoms with E-state index in [9.17, 15) is 14.9 Å². The molecule has 1 aliphatic heterocycles. The van der Waals surface area contributed by atoms with Crippen LogP contribution in [0.15, 0.2) is 18.2 Å². The number of nitro groups is 1. The van der Waals surface area contributed by atoms with Gasteiger partial charge in [0.25, 0.3) is 11.6 Å². The van der Waals surface area contributed by atoms with Crippen LogP contribution in [0.3, 0.4) is 0 Å². The zero-order chi connectivity index (χ0) is 13.8. The topological polar surface area (TPSA) is 84.3 Å². The molecular formula is C13H18ClN3O3. The van der Waals surface area contributed by atoms with E-state index in [0.717, 1.165) is 19.4 Å². The summed E-state index contributed by atoms with van der Waals surface area (Å²) in [6, 6.07) is 4.92. The first-order chi connectivity index (χ1) is 9.09. The number of nitrogens with one attached hydrogen (secondary N) is 2. The maximum atomic E-state index is 12.1. The second kappa shape index (κ2) is 7.21. The third-order valence-electron chi connectivity index (χ3n) is 3.35. The van der Waals surface area contributed by atoms with Gasteiger partial charge in [-0.2, -0.15) is 0 Å². The lowest BCUT2D eigenvalue weighted by Crippen LogP contribution is -2.37. The molecule has 0 spiro atoms. The van der Waals surface area contributed by atoms with E-state index < -0.39 is 4.92 Å². The van der Waals surface area contributed by atoms with Crippen molar-refractivity contribution in [3.05, 3.63) is 39.4 Å². The molecule has 1 aliphatic rings. The molecule has 1 unspecified atom stereocenters. The van der Waals surface area contributed by atoms with Crippen LogP contribution in [-0.4, -0.2) is 30.0 Å². The van der Waals surface area contributed by atoms with Gasteiger partial charge in [0.1, 0.15) is 5.56 Å². The summed E-state index contributed by atoms with van der Waals surface area (Å²) in [5.74, 6) is -0.376. The van der Waals surface area contributed by atoms with Crippen molar-refractivity contribution in [1.29, 1.82) is 0 Å². The minimum absolute atomic E-state index is 0. The van der Waals surface area contributed by atoms with Crippen molar-refractivity contribution in [3.8, 4) is 0 Å². The molecule has 0 aliphatic carbocycles. The van der Waals surface area contributed by atoms with Gasteiger partial charge in [-0.15, -0.1) is 12.4 Å². The van der Waals surface area contributed by atoms with E-state index in [4.69, 9.17) is 0 Å². The van der Waals surface area contributed by atoms with Crippen molar-refractivity contribution in [1.82, 2.24) is 10.6 Å². The Balaban J connectivity index is 0.00000200. The summed E-state index contributed by atoms with van der Waals surface area (Å²) in [5.41, 5.74) is 0.633. The van der Waals surface area contributed by atoms with Crippen molar-refractivity contribution in [2.75, 3.05) is 13.1 Å². The van der Waals surface area contributed by atoms with Crippen LogP contribution in [0.25, 0.3) is 0 Å². The largest absolute Gasteiger partial charge is 0.350 e. The molecule has 1 fully saturated rings. The normalized spacial score (nSPS) is 17.4. The van der Waals surface area contributed by atoms with Crippen molar-refractivity contribution in [2.24, 2.45) is 0 Å². The van der Waals surface area contributed by atoms with Gasteiger partial charge >= 0.3 is 0 Å². The van der Waals surface area contributed by atoms with Crippen molar-refractivity contribution >= 4 is 24.0 Å². The Hall–Kier alpha value is -1.66. The lowest BCUT2D eigenvalue weighted by atomic mass is 10.1. The molecule has 0 aromatic heterocycles. The van der Waals surface area contributed by atoms with E-state index in [-0.39, 0.29) is 35.6 Å². The average molecular weight is 300 g/mol. The van der Waals surface area contributed by atoms with Crippen LogP contribution in [0.1, 0.15) is 28.8 Å². The highest BCUT2D eigenvalue weighted by atomic mass is 35.5. The third kappa shape index (κ3) is 3.68. The number of aryl methyl sites for hydroxylation is 1. The fourth-order valence-electron chi connectivity index (χ4n) is 2.34. The number of rotatable bonds is 4. The fraction of sp³-hybridized carbons (Fsp3) is 0.462. The molecular weight excluding hydrogens is 282 g/mol. The maximum Gasteiger partial charge on any atom is 0.282 e. The number of halogens is 1. The molecule has 1 heterocycles. The second-order valence-corrected chi connectivity index (χ2v) is 4.73. The first kappa shape index (κ1) is 16.4. The average Bonchev–Trinajstić information content (AvgIpc) is 2.88. The van der Waals surface area contributed by atoms with Crippen LogP contribution in [0.2, 0.25) is 0 Å². The van der Waals surface area contributed by atoms with E-state index in [1.807, 2.05) is 0 Å². The van der Waals surface area contributed by atoms with Crippen LogP contribution in [0.4, 0.5) is 5.69 Å². The SMILES string of the molecule is Cc1cccc([N+](=O)[O-])c1C(=O)NCC1CCCN1.Cl. The summed E-state index contributed by atoms with van der Waals surface area (Å²) in [4.78, 5) is 22.5. The van der Waals surface area contributed by atoms with Crippen LogP contribution in [0, 0.1) is 17.0 Å². The summed E-state index contributed by atoms with van der Waals surface area (Å²) in [5, 5.41) is 17.0. The third-order valence-corrected chi connectivity index (χ3v) is 3.35. The fourth-order valence-corrected chi connectivity index (χ4v) is 2.34. The summed E-state index contributed by atoms with van der Waals surface area (Å²) in [6.45, 7) is 3.17. The number of hydrogen-bond acceptors (Lipinski definition) is 4. The molecule has 1 saturated heterocycles. The number of nitrogens with zero attached hydrogens (tertiary/aromatic N) is 1. The molecule has 110 valence electrons. The van der Waals surface area contributed by atoms with Gasteiger partial charge in [-0.1, -0.05) is 12.1 Å². The van der Waals surface area contributed by atoms with E-state index in [0.29, 0.717) is 12.1 Å². The number of carbonyl (C=O) groups is 1. The Bertz CT molecular complexity index is 502. The molecule has 6 nitrogen and oxygen atoms in total. The van der Waals surface area contributed by atoms with Gasteiger partial charge in [0.05, 0.1) is 4.92 Å². The number of benzene rings is 1. The minimum atomic E-state index is -0.518. The lowest BCUT2D eigenvalue weighted by Gasteiger charge is -2.12. The summed E-state index contributed by atoms with van der Waals surface area (Å²) < 4.78 is 0. The predicted molar refractivity (Wildman–Crippen MR) is 78.4 cm³/mol. The molecule has 0 bridgehead atoms. The van der Waals surface area contributed by atoms with Gasteiger partial charge in [0.2, 0.25) is 0 Å². The van der Waals surface area contributed by atoms with E-state index in [2.05, 4.69) is 10.6 Å².